The van der Waals surface area contributed by atoms with Crippen LogP contribution in [-0.4, -0.2) is 54.1 Å². The van der Waals surface area contributed by atoms with E-state index in [0.29, 0.717) is 58.7 Å². The summed E-state index contributed by atoms with van der Waals surface area (Å²) < 4.78 is 1.74. The normalized spacial score (nSPS) is 12.8. The SMILES string of the molecule is C=CC1=C(C)c2cc3c(C=C)c(C)c(cc4nc(cc5[nH]c(cc1n2)c(C)c5CCC(=O)O)C(CCC(=O)O)=C4C)n3C(=O)CCCCCN. The second kappa shape index (κ2) is 15.0. The third kappa shape index (κ3) is 7.02. The summed E-state index contributed by atoms with van der Waals surface area (Å²) in [5.74, 6) is -1.91. The lowest BCUT2D eigenvalue weighted by Crippen LogP contribution is -2.10. The van der Waals surface area contributed by atoms with E-state index in [4.69, 9.17) is 15.7 Å². The molecule has 5 rings (SSSR count). The van der Waals surface area contributed by atoms with Crippen LogP contribution in [0.3, 0.4) is 0 Å². The molecule has 3 aromatic heterocycles. The molecule has 0 spiro atoms. The zero-order chi connectivity index (χ0) is 36.3. The number of hydrogen-bond acceptors (Lipinski definition) is 6. The van der Waals surface area contributed by atoms with Gasteiger partial charge in [-0.15, -0.1) is 0 Å². The van der Waals surface area contributed by atoms with Gasteiger partial charge in [0.05, 0.1) is 33.8 Å². The molecular weight excluding hydrogens is 630 g/mol. The van der Waals surface area contributed by atoms with E-state index in [-0.39, 0.29) is 31.6 Å². The summed E-state index contributed by atoms with van der Waals surface area (Å²) in [6.07, 6.45) is 6.59. The van der Waals surface area contributed by atoms with Crippen LogP contribution in [0.5, 0.6) is 0 Å². The van der Waals surface area contributed by atoms with Crippen molar-refractivity contribution in [3.05, 3.63) is 88.5 Å². The summed E-state index contributed by atoms with van der Waals surface area (Å²) in [5.41, 5.74) is 17.8. The molecule has 50 heavy (non-hydrogen) atoms. The lowest BCUT2D eigenvalue weighted by molar-refractivity contribution is -0.137. The Morgan fingerprint density at radius 3 is 2.06 bits per heavy atom. The number of aromatic amines is 1. The Balaban J connectivity index is 1.96. The lowest BCUT2D eigenvalue weighted by atomic mass is 10.0. The molecule has 0 aliphatic carbocycles. The van der Waals surface area contributed by atoms with Crippen molar-refractivity contribution in [1.29, 1.82) is 0 Å². The van der Waals surface area contributed by atoms with Gasteiger partial charge in [0.1, 0.15) is 0 Å². The average molecular weight is 676 g/mol. The molecule has 10 nitrogen and oxygen atoms in total. The van der Waals surface area contributed by atoms with Crippen LogP contribution in [0.15, 0.2) is 43.5 Å². The van der Waals surface area contributed by atoms with Gasteiger partial charge >= 0.3 is 11.9 Å². The summed E-state index contributed by atoms with van der Waals surface area (Å²) in [4.78, 5) is 51.1. The molecule has 10 heteroatoms. The predicted molar refractivity (Wildman–Crippen MR) is 200 cm³/mol. The summed E-state index contributed by atoms with van der Waals surface area (Å²) in [7, 11) is 0. The van der Waals surface area contributed by atoms with Crippen molar-refractivity contribution < 1.29 is 24.6 Å². The summed E-state index contributed by atoms with van der Waals surface area (Å²) in [5, 5.41) is 19.2. The van der Waals surface area contributed by atoms with Crippen molar-refractivity contribution in [2.45, 2.75) is 79.1 Å². The maximum Gasteiger partial charge on any atom is 0.303 e. The molecule has 3 aromatic rings. The highest BCUT2D eigenvalue weighted by Gasteiger charge is 2.23. The van der Waals surface area contributed by atoms with Crippen molar-refractivity contribution in [3.8, 4) is 0 Å². The minimum absolute atomic E-state index is 0.0631. The maximum absolute atomic E-state index is 14.2. The van der Waals surface area contributed by atoms with Gasteiger partial charge in [-0.05, 0) is 118 Å². The molecule has 0 saturated heterocycles. The Kier molecular flexibility index (Phi) is 10.8. The highest BCUT2D eigenvalue weighted by Crippen LogP contribution is 2.37. The monoisotopic (exact) mass is 675 g/mol. The van der Waals surface area contributed by atoms with Crippen molar-refractivity contribution in [3.63, 3.8) is 0 Å². The van der Waals surface area contributed by atoms with Gasteiger partial charge in [0, 0.05) is 41.4 Å². The van der Waals surface area contributed by atoms with Crippen LogP contribution in [0.1, 0.15) is 109 Å². The van der Waals surface area contributed by atoms with Crippen LogP contribution >= 0.6 is 0 Å². The second-order valence-electron chi connectivity index (χ2n) is 12.9. The third-order valence-electron chi connectivity index (χ3n) is 9.73. The number of allylic oxidation sites excluding steroid dienone is 5. The fourth-order valence-corrected chi connectivity index (χ4v) is 6.88. The number of aromatic nitrogens is 4. The summed E-state index contributed by atoms with van der Waals surface area (Å²) in [6.45, 7) is 16.5. The highest BCUT2D eigenvalue weighted by atomic mass is 16.4. The molecule has 0 fully saturated rings. The number of fused-ring (bicyclic) bond motifs is 8. The predicted octanol–water partition coefficient (Wildman–Crippen LogP) is 8.14. The van der Waals surface area contributed by atoms with Gasteiger partial charge in [-0.2, -0.15) is 0 Å². The van der Waals surface area contributed by atoms with E-state index in [1.54, 1.807) is 16.7 Å². The van der Waals surface area contributed by atoms with E-state index in [1.165, 1.54) is 0 Å². The number of carboxylic acids is 2. The van der Waals surface area contributed by atoms with Gasteiger partial charge in [0.15, 0.2) is 0 Å². The van der Waals surface area contributed by atoms with Crippen molar-refractivity contribution >= 4 is 68.3 Å². The molecule has 2 aliphatic heterocycles. The zero-order valence-electron chi connectivity index (χ0n) is 29.3. The van der Waals surface area contributed by atoms with E-state index in [1.807, 2.05) is 52.0 Å². The fourth-order valence-electron chi connectivity index (χ4n) is 6.88. The molecule has 2 aliphatic rings. The second-order valence-corrected chi connectivity index (χ2v) is 12.9. The van der Waals surface area contributed by atoms with Crippen LogP contribution in [0.25, 0.3) is 50.4 Å². The number of aryl methyl sites for hydroxylation is 3. The van der Waals surface area contributed by atoms with Crippen LogP contribution in [-0.2, 0) is 16.0 Å². The Bertz CT molecular complexity index is 2160. The van der Waals surface area contributed by atoms with Gasteiger partial charge in [-0.25, -0.2) is 9.97 Å². The first-order valence-corrected chi connectivity index (χ1v) is 17.0. The lowest BCUT2D eigenvalue weighted by Gasteiger charge is -2.07. The number of carbonyl (C=O) groups excluding carboxylic acids is 1. The summed E-state index contributed by atoms with van der Waals surface area (Å²) >= 11 is 0. The zero-order valence-corrected chi connectivity index (χ0v) is 29.3. The van der Waals surface area contributed by atoms with Crippen molar-refractivity contribution in [2.24, 2.45) is 5.73 Å². The standard InChI is InChI=1S/C40H45N5O5/c1-7-26-22(3)32-21-37-27(8-2)25(6)36(45(37)38(46)12-10-9-11-17-41)20-31-24(5)29(14-16-40(49)50)35(44-31)19-34-28(13-15-39(47)48)23(4)30(42-34)18-33(26)43-32/h7-8,18-21,42H,1-2,9-17,41H2,3-6H3,(H,47,48)(H,49,50). The van der Waals surface area contributed by atoms with E-state index < -0.39 is 11.9 Å². The topological polar surface area (TPSA) is 164 Å². The quantitative estimate of drug-likeness (QED) is 0.132. The van der Waals surface area contributed by atoms with Gasteiger partial charge < -0.3 is 20.9 Å². The van der Waals surface area contributed by atoms with E-state index in [9.17, 15) is 24.6 Å². The van der Waals surface area contributed by atoms with E-state index in [2.05, 4.69) is 18.1 Å². The fraction of sp³-hybridized carbons (Fsp3) is 0.325. The molecule has 0 atom stereocenters. The van der Waals surface area contributed by atoms with E-state index in [0.717, 1.165) is 62.9 Å². The first kappa shape index (κ1) is 35.9. The van der Waals surface area contributed by atoms with Crippen LogP contribution in [0.4, 0.5) is 0 Å². The Hall–Kier alpha value is -5.35. The maximum atomic E-state index is 14.2. The molecule has 5 heterocycles. The highest BCUT2D eigenvalue weighted by molar-refractivity contribution is 6.01. The smallest absolute Gasteiger partial charge is 0.303 e. The molecule has 0 amide bonds. The number of H-pyrrole nitrogens is 1. The third-order valence-corrected chi connectivity index (χ3v) is 9.73. The number of carboxylic acid groups (broad SMARTS) is 2. The largest absolute Gasteiger partial charge is 0.481 e. The van der Waals surface area contributed by atoms with Crippen LogP contribution in [0, 0.1) is 13.8 Å². The Morgan fingerprint density at radius 2 is 1.40 bits per heavy atom. The number of nitrogens with one attached hydrogen (secondary N) is 1. The molecule has 5 N–H and O–H groups in total. The molecule has 0 aromatic carbocycles. The van der Waals surface area contributed by atoms with Crippen molar-refractivity contribution in [2.75, 3.05) is 6.54 Å². The van der Waals surface area contributed by atoms with Crippen molar-refractivity contribution in [1.82, 2.24) is 19.5 Å². The number of unbranched alkanes of at least 4 members (excludes halogenated alkanes) is 2. The number of nitrogens with two attached hydrogens (primary N) is 1. The average Bonchev–Trinajstić information content (AvgIpc) is 3.72. The Morgan fingerprint density at radius 1 is 0.760 bits per heavy atom. The molecular formula is C40H45N5O5. The Labute approximate surface area is 291 Å². The molecule has 0 radical (unpaired) electrons. The van der Waals surface area contributed by atoms with E-state index >= 15 is 0 Å². The minimum Gasteiger partial charge on any atom is -0.481 e. The number of nitrogens with zero attached hydrogens (tertiary/aromatic N) is 3. The number of aliphatic carboxylic acids is 2. The molecule has 8 bridgehead atoms. The molecule has 0 saturated carbocycles. The number of carbonyl (C=O) groups is 3. The first-order chi connectivity index (χ1) is 23.9. The first-order valence-electron chi connectivity index (χ1n) is 17.0. The minimum atomic E-state index is -0.925. The van der Waals surface area contributed by atoms with Crippen LogP contribution in [0.2, 0.25) is 0 Å². The number of rotatable bonds is 13. The van der Waals surface area contributed by atoms with Gasteiger partial charge in [0.25, 0.3) is 0 Å². The molecule has 0 unspecified atom stereocenters. The van der Waals surface area contributed by atoms with Gasteiger partial charge in [0.2, 0.25) is 5.91 Å². The number of hydrogen-bond donors (Lipinski definition) is 4. The van der Waals surface area contributed by atoms with Crippen LogP contribution < -0.4 is 5.73 Å². The molecule has 260 valence electrons. The van der Waals surface area contributed by atoms with Gasteiger partial charge in [-0.1, -0.05) is 31.7 Å². The summed E-state index contributed by atoms with van der Waals surface area (Å²) in [6, 6.07) is 7.64. The van der Waals surface area contributed by atoms with Gasteiger partial charge in [-0.3, -0.25) is 19.0 Å².